The van der Waals surface area contributed by atoms with Crippen molar-refractivity contribution in [1.82, 2.24) is 9.62 Å². The highest BCUT2D eigenvalue weighted by Crippen LogP contribution is 2.36. The fourth-order valence-electron chi connectivity index (χ4n) is 4.36. The van der Waals surface area contributed by atoms with Crippen LogP contribution in [0.4, 0.5) is 5.69 Å². The Kier molecular flexibility index (Phi) is 5.50. The molecule has 30 heavy (non-hydrogen) atoms. The Morgan fingerprint density at radius 3 is 2.50 bits per heavy atom. The van der Waals surface area contributed by atoms with E-state index in [9.17, 15) is 9.59 Å². The molecular formula is C23H25N3O3S. The molecule has 2 fully saturated rings. The lowest BCUT2D eigenvalue weighted by Crippen LogP contribution is -2.39. The molecule has 1 unspecified atom stereocenters. The van der Waals surface area contributed by atoms with E-state index in [1.54, 1.807) is 11.9 Å². The number of carbonyl (C=O) groups is 2. The van der Waals surface area contributed by atoms with Gasteiger partial charge in [0.25, 0.3) is 0 Å². The topological polar surface area (TPSA) is 61.9 Å². The summed E-state index contributed by atoms with van der Waals surface area (Å²) in [5, 5.41) is 2.46. The number of hydrogen-bond donors (Lipinski definition) is 1. The summed E-state index contributed by atoms with van der Waals surface area (Å²) in [6, 6.07) is 15.1. The van der Waals surface area contributed by atoms with Crippen molar-refractivity contribution >= 4 is 29.4 Å². The van der Waals surface area contributed by atoms with Crippen molar-refractivity contribution in [3.8, 4) is 0 Å². The highest BCUT2D eigenvalue weighted by atomic mass is 32.2. The molecule has 0 bridgehead atoms. The van der Waals surface area contributed by atoms with E-state index in [-0.39, 0.29) is 17.7 Å². The van der Waals surface area contributed by atoms with E-state index in [1.807, 2.05) is 6.07 Å². The minimum absolute atomic E-state index is 0.167. The molecule has 0 aliphatic carbocycles. The molecule has 0 spiro atoms. The van der Waals surface area contributed by atoms with Crippen LogP contribution in [0.1, 0.15) is 35.4 Å². The van der Waals surface area contributed by atoms with Gasteiger partial charge in [-0.25, -0.2) is 4.31 Å². The second-order valence-corrected chi connectivity index (χ2v) is 9.18. The number of benzene rings is 2. The van der Waals surface area contributed by atoms with Gasteiger partial charge in [-0.15, -0.1) is 0 Å². The molecule has 2 aromatic rings. The first-order valence-corrected chi connectivity index (χ1v) is 11.2. The van der Waals surface area contributed by atoms with Crippen LogP contribution in [0.5, 0.6) is 0 Å². The predicted molar refractivity (Wildman–Crippen MR) is 116 cm³/mol. The van der Waals surface area contributed by atoms with Gasteiger partial charge in [-0.3, -0.25) is 14.9 Å². The first kappa shape index (κ1) is 19.6. The normalized spacial score (nSPS) is 22.1. The minimum atomic E-state index is -0.220. The molecule has 7 heteroatoms. The van der Waals surface area contributed by atoms with Gasteiger partial charge in [0.1, 0.15) is 0 Å². The molecule has 2 aromatic carbocycles. The molecule has 0 aromatic heterocycles. The summed E-state index contributed by atoms with van der Waals surface area (Å²) in [4.78, 5) is 27.2. The highest BCUT2D eigenvalue weighted by molar-refractivity contribution is 7.97. The number of nitrogens with zero attached hydrogens (tertiary/aromatic N) is 2. The Hall–Kier alpha value is -2.35. The zero-order valence-corrected chi connectivity index (χ0v) is 17.6. The summed E-state index contributed by atoms with van der Waals surface area (Å²) in [6.07, 6.45) is 1.01. The number of carbonyl (C=O) groups excluding carboxylic acids is 2. The molecule has 5 rings (SSSR count). The van der Waals surface area contributed by atoms with Crippen LogP contribution in [0.15, 0.2) is 47.4 Å². The van der Waals surface area contributed by atoms with Crippen molar-refractivity contribution in [2.75, 3.05) is 31.2 Å². The van der Waals surface area contributed by atoms with Crippen molar-refractivity contribution in [1.29, 1.82) is 0 Å². The Morgan fingerprint density at radius 1 is 0.967 bits per heavy atom. The van der Waals surface area contributed by atoms with Crippen LogP contribution < -0.4 is 10.2 Å². The number of imide groups is 1. The summed E-state index contributed by atoms with van der Waals surface area (Å²) in [5.74, 6) is -0.558. The maximum Gasteiger partial charge on any atom is 0.234 e. The Morgan fingerprint density at radius 2 is 1.73 bits per heavy atom. The van der Waals surface area contributed by atoms with Gasteiger partial charge in [-0.2, -0.15) is 0 Å². The molecule has 1 atom stereocenters. The third-order valence-corrected chi connectivity index (χ3v) is 7.01. The van der Waals surface area contributed by atoms with E-state index < -0.39 is 0 Å². The van der Waals surface area contributed by atoms with E-state index in [2.05, 4.69) is 50.9 Å². The van der Waals surface area contributed by atoms with Crippen LogP contribution in [0.25, 0.3) is 0 Å². The Bertz CT molecular complexity index is 957. The number of piperidine rings is 1. The zero-order chi connectivity index (χ0) is 20.5. The monoisotopic (exact) mass is 423 g/mol. The lowest BCUT2D eigenvalue weighted by atomic mass is 9.89. The molecule has 156 valence electrons. The molecule has 1 N–H and O–H groups in total. The average Bonchev–Trinajstić information content (AvgIpc) is 3.16. The fraction of sp³-hybridized carbons (Fsp3) is 0.391. The molecule has 3 aliphatic rings. The predicted octanol–water partition coefficient (Wildman–Crippen LogP) is 3.07. The number of fused-ring (bicyclic) bond motifs is 1. The molecule has 3 heterocycles. The third kappa shape index (κ3) is 4.10. The van der Waals surface area contributed by atoms with Crippen molar-refractivity contribution in [2.45, 2.75) is 36.7 Å². The molecule has 2 amide bonds. The number of nitrogens with one attached hydrogen (secondary N) is 1. The van der Waals surface area contributed by atoms with Crippen LogP contribution in [-0.2, 0) is 27.4 Å². The number of amides is 2. The standard InChI is InChI=1S/C23H25N3O3S/c27-22-8-7-21(23(28)24-22)16-1-2-17-14-26(15-18(17)13-16)30-20-5-3-19(4-6-20)25-9-11-29-12-10-25/h1-6,13,21H,7-12,14-15H2,(H,24,27,28). The van der Waals surface area contributed by atoms with E-state index in [0.29, 0.717) is 12.8 Å². The molecule has 0 saturated carbocycles. The van der Waals surface area contributed by atoms with Crippen molar-refractivity contribution in [2.24, 2.45) is 0 Å². The Labute approximate surface area is 180 Å². The number of anilines is 1. The van der Waals surface area contributed by atoms with Crippen molar-refractivity contribution < 1.29 is 14.3 Å². The molecule has 6 nitrogen and oxygen atoms in total. The highest BCUT2D eigenvalue weighted by Gasteiger charge is 2.29. The smallest absolute Gasteiger partial charge is 0.234 e. The fourth-order valence-corrected chi connectivity index (χ4v) is 5.33. The van der Waals surface area contributed by atoms with E-state index >= 15 is 0 Å². The average molecular weight is 424 g/mol. The van der Waals surface area contributed by atoms with Gasteiger partial charge in [0.2, 0.25) is 11.8 Å². The first-order chi connectivity index (χ1) is 14.7. The summed E-state index contributed by atoms with van der Waals surface area (Å²) < 4.78 is 7.78. The summed E-state index contributed by atoms with van der Waals surface area (Å²) in [5.41, 5.74) is 4.85. The lowest BCUT2D eigenvalue weighted by Gasteiger charge is -2.29. The van der Waals surface area contributed by atoms with Crippen LogP contribution in [0, 0.1) is 0 Å². The van der Waals surface area contributed by atoms with Gasteiger partial charge in [-0.1, -0.05) is 18.2 Å². The summed E-state index contributed by atoms with van der Waals surface area (Å²) in [7, 11) is 0. The van der Waals surface area contributed by atoms with E-state index in [0.717, 1.165) is 45.0 Å². The van der Waals surface area contributed by atoms with Gasteiger partial charge < -0.3 is 9.64 Å². The molecule has 3 aliphatic heterocycles. The van der Waals surface area contributed by atoms with Gasteiger partial charge in [0.15, 0.2) is 0 Å². The second kappa shape index (κ2) is 8.41. The summed E-state index contributed by atoms with van der Waals surface area (Å²) in [6.45, 7) is 5.23. The largest absolute Gasteiger partial charge is 0.378 e. The Balaban J connectivity index is 1.23. The van der Waals surface area contributed by atoms with Gasteiger partial charge in [0, 0.05) is 43.2 Å². The van der Waals surface area contributed by atoms with E-state index in [1.165, 1.54) is 21.7 Å². The maximum atomic E-state index is 12.2. The first-order valence-electron chi connectivity index (χ1n) is 10.5. The second-order valence-electron chi connectivity index (χ2n) is 8.01. The van der Waals surface area contributed by atoms with Crippen LogP contribution in [0.2, 0.25) is 0 Å². The SMILES string of the molecule is O=C1CCC(c2ccc3c(c2)CN(Sc2ccc(N4CCOCC4)cc2)C3)C(=O)N1. The van der Waals surface area contributed by atoms with Crippen LogP contribution in [0.3, 0.4) is 0 Å². The molecule has 0 radical (unpaired) electrons. The number of ether oxygens (including phenoxy) is 1. The third-order valence-electron chi connectivity index (χ3n) is 6.01. The number of rotatable bonds is 4. The van der Waals surface area contributed by atoms with Gasteiger partial charge in [-0.05, 0) is 59.3 Å². The number of morpholine rings is 1. The summed E-state index contributed by atoms with van der Waals surface area (Å²) >= 11 is 1.77. The maximum absolute atomic E-state index is 12.2. The van der Waals surface area contributed by atoms with Gasteiger partial charge in [0.05, 0.1) is 19.1 Å². The van der Waals surface area contributed by atoms with Crippen molar-refractivity contribution in [3.05, 3.63) is 59.2 Å². The van der Waals surface area contributed by atoms with Crippen LogP contribution >= 0.6 is 11.9 Å². The molecular weight excluding hydrogens is 398 g/mol. The minimum Gasteiger partial charge on any atom is -0.378 e. The van der Waals surface area contributed by atoms with Crippen LogP contribution in [-0.4, -0.2) is 42.4 Å². The quantitative estimate of drug-likeness (QED) is 0.603. The zero-order valence-electron chi connectivity index (χ0n) is 16.8. The lowest BCUT2D eigenvalue weighted by molar-refractivity contribution is -0.134. The number of hydrogen-bond acceptors (Lipinski definition) is 6. The van der Waals surface area contributed by atoms with Crippen molar-refractivity contribution in [3.63, 3.8) is 0 Å². The van der Waals surface area contributed by atoms with Gasteiger partial charge >= 0.3 is 0 Å². The van der Waals surface area contributed by atoms with E-state index in [4.69, 9.17) is 4.74 Å². The molecule has 2 saturated heterocycles.